The molecule has 0 saturated heterocycles. The summed E-state index contributed by atoms with van der Waals surface area (Å²) in [5.41, 5.74) is -0.923. The molecule has 0 saturated carbocycles. The van der Waals surface area contributed by atoms with Crippen LogP contribution in [0.4, 0.5) is 10.1 Å². The molecule has 0 bridgehead atoms. The third-order valence-corrected chi connectivity index (χ3v) is 4.30. The number of aliphatic hydroxyl groups is 1. The number of nitrogens with one attached hydrogen (secondary N) is 1. The molecular formula is C11H15FN2O6S. The van der Waals surface area contributed by atoms with Crippen molar-refractivity contribution in [2.24, 2.45) is 0 Å². The maximum atomic E-state index is 13.4. The highest BCUT2D eigenvalue weighted by molar-refractivity contribution is 7.89. The summed E-state index contributed by atoms with van der Waals surface area (Å²) in [5.74, 6) is -1.12. The molecule has 10 heteroatoms. The van der Waals surface area contributed by atoms with Gasteiger partial charge in [-0.2, -0.15) is 4.39 Å². The topological polar surface area (TPSA) is 119 Å². The van der Waals surface area contributed by atoms with E-state index in [-0.39, 0.29) is 12.2 Å². The molecule has 21 heavy (non-hydrogen) atoms. The number of hydrogen-bond donors (Lipinski definition) is 2. The lowest BCUT2D eigenvalue weighted by Crippen LogP contribution is -2.40. The molecule has 0 aromatic heterocycles. The van der Waals surface area contributed by atoms with E-state index in [1.54, 1.807) is 0 Å². The highest BCUT2D eigenvalue weighted by atomic mass is 32.2. The van der Waals surface area contributed by atoms with Crippen LogP contribution in [0.3, 0.4) is 0 Å². The van der Waals surface area contributed by atoms with Gasteiger partial charge in [0.1, 0.15) is 0 Å². The van der Waals surface area contributed by atoms with Gasteiger partial charge in [0.05, 0.1) is 29.1 Å². The molecule has 0 fully saturated rings. The number of benzene rings is 1. The quantitative estimate of drug-likeness (QED) is 0.551. The molecule has 0 aliphatic carbocycles. The Bertz CT molecular complexity index is 634. The van der Waals surface area contributed by atoms with Crippen LogP contribution in [0.5, 0.6) is 0 Å². The van der Waals surface area contributed by atoms with Crippen molar-refractivity contribution in [3.63, 3.8) is 0 Å². The van der Waals surface area contributed by atoms with Crippen LogP contribution in [-0.2, 0) is 14.8 Å². The first kappa shape index (κ1) is 17.4. The van der Waals surface area contributed by atoms with Gasteiger partial charge in [-0.3, -0.25) is 10.1 Å². The highest BCUT2D eigenvalue weighted by Gasteiger charge is 2.26. The molecule has 1 aromatic carbocycles. The fraction of sp³-hybridized carbons (Fsp3) is 0.455. The molecule has 0 radical (unpaired) electrons. The second-order valence-corrected chi connectivity index (χ2v) is 5.96. The number of aryl methyl sites for hydroxylation is 1. The second-order valence-electron chi connectivity index (χ2n) is 4.28. The summed E-state index contributed by atoms with van der Waals surface area (Å²) in [7, 11) is -2.83. The van der Waals surface area contributed by atoms with Gasteiger partial charge in [-0.1, -0.05) is 0 Å². The standard InChI is InChI=1S/C11H15FN2O6S/c1-7-3-9(12)10(14(16)17)4-11(7)21(18,19)13-8(5-15)6-20-2/h3-4,8,13,15H,5-6H2,1-2H3. The molecule has 1 rings (SSSR count). The third-order valence-electron chi connectivity index (χ3n) is 2.64. The summed E-state index contributed by atoms with van der Waals surface area (Å²) in [6.45, 7) is 0.707. The van der Waals surface area contributed by atoms with E-state index >= 15 is 0 Å². The minimum Gasteiger partial charge on any atom is -0.395 e. The molecule has 0 heterocycles. The van der Waals surface area contributed by atoms with Crippen LogP contribution in [0, 0.1) is 22.9 Å². The maximum Gasteiger partial charge on any atom is 0.306 e. The molecule has 1 aromatic rings. The number of rotatable bonds is 7. The Labute approximate surface area is 120 Å². The van der Waals surface area contributed by atoms with Crippen LogP contribution < -0.4 is 4.72 Å². The van der Waals surface area contributed by atoms with Crippen LogP contribution in [0.15, 0.2) is 17.0 Å². The number of nitrogens with zero attached hydrogens (tertiary/aromatic N) is 1. The Balaban J connectivity index is 3.25. The monoisotopic (exact) mass is 322 g/mol. The van der Waals surface area contributed by atoms with Gasteiger partial charge in [0.25, 0.3) is 0 Å². The van der Waals surface area contributed by atoms with Crippen molar-refractivity contribution < 1.29 is 27.6 Å². The van der Waals surface area contributed by atoms with Gasteiger partial charge >= 0.3 is 5.69 Å². The molecule has 0 spiro atoms. The molecule has 0 aliphatic heterocycles. The first-order valence-electron chi connectivity index (χ1n) is 5.79. The molecule has 0 aliphatic rings. The second kappa shape index (κ2) is 6.89. The van der Waals surface area contributed by atoms with Gasteiger partial charge < -0.3 is 9.84 Å². The number of hydrogen-bond acceptors (Lipinski definition) is 6. The lowest BCUT2D eigenvalue weighted by molar-refractivity contribution is -0.387. The molecular weight excluding hydrogens is 307 g/mol. The third kappa shape index (κ3) is 4.17. The number of ether oxygens (including phenoxy) is 1. The van der Waals surface area contributed by atoms with E-state index in [0.29, 0.717) is 6.07 Å². The number of methoxy groups -OCH3 is 1. The van der Waals surface area contributed by atoms with Crippen LogP contribution in [0.1, 0.15) is 5.56 Å². The Morgan fingerprint density at radius 3 is 2.62 bits per heavy atom. The molecule has 1 atom stereocenters. The molecule has 118 valence electrons. The number of nitro groups is 1. The normalized spacial score (nSPS) is 13.1. The summed E-state index contributed by atoms with van der Waals surface area (Å²) >= 11 is 0. The number of aliphatic hydroxyl groups excluding tert-OH is 1. The van der Waals surface area contributed by atoms with Gasteiger partial charge in [0.15, 0.2) is 0 Å². The molecule has 1 unspecified atom stereocenters. The number of nitro benzene ring substituents is 1. The van der Waals surface area contributed by atoms with Crippen molar-refractivity contribution in [3.8, 4) is 0 Å². The van der Waals surface area contributed by atoms with E-state index in [1.165, 1.54) is 14.0 Å². The number of halogens is 1. The van der Waals surface area contributed by atoms with Gasteiger partial charge in [0.2, 0.25) is 15.8 Å². The first-order valence-corrected chi connectivity index (χ1v) is 7.28. The lowest BCUT2D eigenvalue weighted by atomic mass is 10.2. The SMILES string of the molecule is COCC(CO)NS(=O)(=O)c1cc([N+](=O)[O-])c(F)cc1C. The Hall–Kier alpha value is -1.62. The Morgan fingerprint density at radius 2 is 2.14 bits per heavy atom. The van der Waals surface area contributed by atoms with E-state index < -0.39 is 44.0 Å². The van der Waals surface area contributed by atoms with Crippen LogP contribution in [-0.4, -0.2) is 44.8 Å². The van der Waals surface area contributed by atoms with Crippen molar-refractivity contribution in [1.29, 1.82) is 0 Å². The fourth-order valence-corrected chi connectivity index (χ4v) is 3.14. The summed E-state index contributed by atoms with van der Waals surface area (Å²) in [6.07, 6.45) is 0. The van der Waals surface area contributed by atoms with Crippen molar-refractivity contribution in [3.05, 3.63) is 33.6 Å². The number of sulfonamides is 1. The van der Waals surface area contributed by atoms with Gasteiger partial charge in [-0.05, 0) is 18.6 Å². The van der Waals surface area contributed by atoms with Crippen LogP contribution in [0.2, 0.25) is 0 Å². The molecule has 2 N–H and O–H groups in total. The maximum absolute atomic E-state index is 13.4. The predicted octanol–water partition coefficient (Wildman–Crippen LogP) is 0.328. The average molecular weight is 322 g/mol. The Kier molecular flexibility index (Phi) is 5.72. The summed E-state index contributed by atoms with van der Waals surface area (Å²) in [5, 5.41) is 19.7. The van der Waals surface area contributed by atoms with Gasteiger partial charge in [-0.25, -0.2) is 13.1 Å². The predicted molar refractivity (Wildman–Crippen MR) is 70.9 cm³/mol. The highest BCUT2D eigenvalue weighted by Crippen LogP contribution is 2.25. The van der Waals surface area contributed by atoms with E-state index in [0.717, 1.165) is 6.07 Å². The minimum atomic E-state index is -4.16. The van der Waals surface area contributed by atoms with E-state index in [4.69, 9.17) is 9.84 Å². The smallest absolute Gasteiger partial charge is 0.306 e. The van der Waals surface area contributed by atoms with Crippen molar-refractivity contribution in [2.45, 2.75) is 17.9 Å². The molecule has 8 nitrogen and oxygen atoms in total. The van der Waals surface area contributed by atoms with E-state index in [1.807, 2.05) is 0 Å². The zero-order chi connectivity index (χ0) is 16.2. The van der Waals surface area contributed by atoms with Crippen molar-refractivity contribution in [1.82, 2.24) is 4.72 Å². The zero-order valence-corrected chi connectivity index (χ0v) is 12.2. The first-order chi connectivity index (χ1) is 9.72. The summed E-state index contributed by atoms with van der Waals surface area (Å²) in [6, 6.07) is 0.508. The van der Waals surface area contributed by atoms with E-state index in [9.17, 15) is 22.9 Å². The molecule has 0 amide bonds. The van der Waals surface area contributed by atoms with Crippen LogP contribution in [0.25, 0.3) is 0 Å². The van der Waals surface area contributed by atoms with Crippen molar-refractivity contribution >= 4 is 15.7 Å². The van der Waals surface area contributed by atoms with E-state index in [2.05, 4.69) is 4.72 Å². The lowest BCUT2D eigenvalue weighted by Gasteiger charge is -2.16. The average Bonchev–Trinajstić information content (AvgIpc) is 2.37. The van der Waals surface area contributed by atoms with Gasteiger partial charge in [-0.15, -0.1) is 0 Å². The van der Waals surface area contributed by atoms with Crippen LogP contribution >= 0.6 is 0 Å². The van der Waals surface area contributed by atoms with Gasteiger partial charge in [0, 0.05) is 13.2 Å². The minimum absolute atomic E-state index is 0.0136. The summed E-state index contributed by atoms with van der Waals surface area (Å²) in [4.78, 5) is 9.25. The zero-order valence-electron chi connectivity index (χ0n) is 11.4. The Morgan fingerprint density at radius 1 is 1.52 bits per heavy atom. The summed E-state index contributed by atoms with van der Waals surface area (Å²) < 4.78 is 44.6. The largest absolute Gasteiger partial charge is 0.395 e. The van der Waals surface area contributed by atoms with Crippen molar-refractivity contribution in [2.75, 3.05) is 20.3 Å². The fourth-order valence-electron chi connectivity index (χ4n) is 1.68.